The second-order valence-electron chi connectivity index (χ2n) is 6.31. The van der Waals surface area contributed by atoms with Gasteiger partial charge in [-0.1, -0.05) is 6.92 Å². The first kappa shape index (κ1) is 15.8. The number of hydrogen-bond acceptors (Lipinski definition) is 4. The summed E-state index contributed by atoms with van der Waals surface area (Å²) in [5.41, 5.74) is 10.3. The largest absolute Gasteiger partial charge is 0.444 e. The molecule has 6 heteroatoms. The molecule has 2 amide bonds. The molecule has 0 radical (unpaired) electrons. The fraction of sp³-hybridized carbons (Fsp3) is 0.846. The van der Waals surface area contributed by atoms with Crippen LogP contribution < -0.4 is 11.5 Å². The Kier molecular flexibility index (Phi) is 4.45. The van der Waals surface area contributed by atoms with Gasteiger partial charge in [0.05, 0.1) is 0 Å². The monoisotopic (exact) mass is 271 g/mol. The minimum absolute atomic E-state index is 0.0949. The Morgan fingerprint density at radius 1 is 1.32 bits per heavy atom. The standard InChI is InChI=1S/C13H25N3O3/c1-5-13(15,6-10(14)17)9-7-16(8-9)11(18)19-12(2,3)4/h9H,5-8,15H2,1-4H3,(H2,14,17). The Morgan fingerprint density at radius 3 is 2.21 bits per heavy atom. The fourth-order valence-electron chi connectivity index (χ4n) is 2.20. The molecule has 1 aliphatic rings. The summed E-state index contributed by atoms with van der Waals surface area (Å²) in [6.07, 6.45) is 0.473. The summed E-state index contributed by atoms with van der Waals surface area (Å²) < 4.78 is 5.27. The van der Waals surface area contributed by atoms with Gasteiger partial charge in [0.25, 0.3) is 0 Å². The Balaban J connectivity index is 2.52. The molecule has 0 aliphatic carbocycles. The molecule has 1 aliphatic heterocycles. The number of primary amides is 1. The third kappa shape index (κ3) is 4.09. The van der Waals surface area contributed by atoms with Gasteiger partial charge in [0.1, 0.15) is 5.60 Å². The van der Waals surface area contributed by atoms with E-state index >= 15 is 0 Å². The van der Waals surface area contributed by atoms with E-state index in [1.54, 1.807) is 4.90 Å². The van der Waals surface area contributed by atoms with E-state index in [1.165, 1.54) is 0 Å². The van der Waals surface area contributed by atoms with E-state index in [2.05, 4.69) is 0 Å². The van der Waals surface area contributed by atoms with Crippen molar-refractivity contribution in [1.29, 1.82) is 0 Å². The number of carbonyl (C=O) groups excluding carboxylic acids is 2. The van der Waals surface area contributed by atoms with Gasteiger partial charge >= 0.3 is 6.09 Å². The predicted molar refractivity (Wildman–Crippen MR) is 72.3 cm³/mol. The van der Waals surface area contributed by atoms with Gasteiger partial charge in [-0.3, -0.25) is 4.79 Å². The minimum Gasteiger partial charge on any atom is -0.444 e. The highest BCUT2D eigenvalue weighted by molar-refractivity contribution is 5.75. The van der Waals surface area contributed by atoms with Crippen LogP contribution in [0.25, 0.3) is 0 Å². The van der Waals surface area contributed by atoms with Crippen LogP contribution in [0.3, 0.4) is 0 Å². The van der Waals surface area contributed by atoms with Crippen LogP contribution in [-0.2, 0) is 9.53 Å². The molecule has 1 saturated heterocycles. The Bertz CT molecular complexity index is 359. The molecular formula is C13H25N3O3. The first-order valence-electron chi connectivity index (χ1n) is 6.62. The average molecular weight is 271 g/mol. The van der Waals surface area contributed by atoms with E-state index in [0.717, 1.165) is 0 Å². The smallest absolute Gasteiger partial charge is 0.410 e. The highest BCUT2D eigenvalue weighted by Crippen LogP contribution is 2.31. The molecular weight excluding hydrogens is 246 g/mol. The summed E-state index contributed by atoms with van der Waals surface area (Å²) in [4.78, 5) is 24.5. The normalized spacial score (nSPS) is 19.5. The van der Waals surface area contributed by atoms with Gasteiger partial charge in [0.2, 0.25) is 5.91 Å². The second-order valence-corrected chi connectivity index (χ2v) is 6.31. The first-order valence-corrected chi connectivity index (χ1v) is 6.62. The van der Waals surface area contributed by atoms with Gasteiger partial charge < -0.3 is 21.1 Å². The molecule has 6 nitrogen and oxygen atoms in total. The van der Waals surface area contributed by atoms with E-state index in [4.69, 9.17) is 16.2 Å². The van der Waals surface area contributed by atoms with Crippen LogP contribution >= 0.6 is 0 Å². The van der Waals surface area contributed by atoms with Crippen molar-refractivity contribution in [2.75, 3.05) is 13.1 Å². The van der Waals surface area contributed by atoms with Crippen molar-refractivity contribution in [2.24, 2.45) is 17.4 Å². The first-order chi connectivity index (χ1) is 8.57. The van der Waals surface area contributed by atoms with Crippen molar-refractivity contribution in [3.05, 3.63) is 0 Å². The number of hydrogen-bond donors (Lipinski definition) is 2. The Hall–Kier alpha value is -1.30. The molecule has 110 valence electrons. The van der Waals surface area contributed by atoms with Crippen molar-refractivity contribution >= 4 is 12.0 Å². The zero-order chi connectivity index (χ0) is 14.8. The lowest BCUT2D eigenvalue weighted by atomic mass is 9.75. The van der Waals surface area contributed by atoms with Crippen LogP contribution in [0, 0.1) is 5.92 Å². The van der Waals surface area contributed by atoms with E-state index in [1.807, 2.05) is 27.7 Å². The highest BCUT2D eigenvalue weighted by Gasteiger charge is 2.44. The van der Waals surface area contributed by atoms with Gasteiger partial charge in [-0.2, -0.15) is 0 Å². The van der Waals surface area contributed by atoms with Gasteiger partial charge in [-0.05, 0) is 27.2 Å². The number of carbonyl (C=O) groups is 2. The van der Waals surface area contributed by atoms with E-state index < -0.39 is 17.0 Å². The molecule has 1 rings (SSSR count). The molecule has 1 heterocycles. The summed E-state index contributed by atoms with van der Waals surface area (Å²) in [7, 11) is 0. The molecule has 0 aromatic carbocycles. The number of nitrogens with zero attached hydrogens (tertiary/aromatic N) is 1. The summed E-state index contributed by atoms with van der Waals surface area (Å²) in [6.45, 7) is 8.45. The molecule has 4 N–H and O–H groups in total. The summed E-state index contributed by atoms with van der Waals surface area (Å²) in [6, 6.07) is 0. The Labute approximate surface area is 114 Å². The lowest BCUT2D eigenvalue weighted by Crippen LogP contribution is -2.64. The molecule has 0 aromatic rings. The maximum absolute atomic E-state index is 11.8. The van der Waals surface area contributed by atoms with Gasteiger partial charge in [-0.25, -0.2) is 4.79 Å². The quantitative estimate of drug-likeness (QED) is 0.791. The van der Waals surface area contributed by atoms with Gasteiger partial charge in [0.15, 0.2) is 0 Å². The second kappa shape index (κ2) is 5.36. The maximum Gasteiger partial charge on any atom is 0.410 e. The summed E-state index contributed by atoms with van der Waals surface area (Å²) in [5.74, 6) is -0.308. The molecule has 1 unspecified atom stereocenters. The minimum atomic E-state index is -0.621. The van der Waals surface area contributed by atoms with Crippen molar-refractivity contribution in [2.45, 2.75) is 51.7 Å². The van der Waals surface area contributed by atoms with Crippen LogP contribution in [0.2, 0.25) is 0 Å². The van der Waals surface area contributed by atoms with Gasteiger partial charge in [-0.15, -0.1) is 0 Å². The van der Waals surface area contributed by atoms with Crippen LogP contribution in [0.1, 0.15) is 40.5 Å². The molecule has 0 bridgehead atoms. The number of ether oxygens (including phenoxy) is 1. The molecule has 1 atom stereocenters. The lowest BCUT2D eigenvalue weighted by Gasteiger charge is -2.48. The highest BCUT2D eigenvalue weighted by atomic mass is 16.6. The fourth-order valence-corrected chi connectivity index (χ4v) is 2.20. The topological polar surface area (TPSA) is 98.6 Å². The third-order valence-corrected chi connectivity index (χ3v) is 3.51. The van der Waals surface area contributed by atoms with Crippen molar-refractivity contribution in [1.82, 2.24) is 4.90 Å². The predicted octanol–water partition coefficient (Wildman–Crippen LogP) is 0.836. The van der Waals surface area contributed by atoms with Crippen LogP contribution in [0.15, 0.2) is 0 Å². The van der Waals surface area contributed by atoms with Crippen LogP contribution in [0.4, 0.5) is 4.79 Å². The van der Waals surface area contributed by atoms with E-state index in [9.17, 15) is 9.59 Å². The maximum atomic E-state index is 11.8. The number of nitrogens with two attached hydrogens (primary N) is 2. The van der Waals surface area contributed by atoms with E-state index in [-0.39, 0.29) is 18.4 Å². The SMILES string of the molecule is CCC(N)(CC(N)=O)C1CN(C(=O)OC(C)(C)C)C1. The molecule has 19 heavy (non-hydrogen) atoms. The molecule has 0 spiro atoms. The Morgan fingerprint density at radius 2 is 1.84 bits per heavy atom. The van der Waals surface area contributed by atoms with Crippen molar-refractivity contribution in [3.8, 4) is 0 Å². The number of likely N-dealkylation sites (tertiary alicyclic amines) is 1. The molecule has 0 aromatic heterocycles. The van der Waals surface area contributed by atoms with E-state index in [0.29, 0.717) is 19.5 Å². The van der Waals surface area contributed by atoms with Crippen LogP contribution in [0.5, 0.6) is 0 Å². The number of amides is 2. The zero-order valence-corrected chi connectivity index (χ0v) is 12.2. The average Bonchev–Trinajstić information content (AvgIpc) is 2.10. The van der Waals surface area contributed by atoms with Crippen molar-refractivity contribution < 1.29 is 14.3 Å². The molecule has 1 fully saturated rings. The van der Waals surface area contributed by atoms with Crippen molar-refractivity contribution in [3.63, 3.8) is 0 Å². The zero-order valence-electron chi connectivity index (χ0n) is 12.2. The summed E-state index contributed by atoms with van der Waals surface area (Å²) >= 11 is 0. The number of rotatable bonds is 4. The van der Waals surface area contributed by atoms with Crippen LogP contribution in [-0.4, -0.2) is 41.1 Å². The third-order valence-electron chi connectivity index (χ3n) is 3.51. The summed E-state index contributed by atoms with van der Waals surface area (Å²) in [5, 5.41) is 0. The lowest BCUT2D eigenvalue weighted by molar-refractivity contribution is -0.120. The molecule has 0 saturated carbocycles. The van der Waals surface area contributed by atoms with Gasteiger partial charge in [0, 0.05) is 31.0 Å².